The normalized spacial score (nSPS) is 15.0. The van der Waals surface area contributed by atoms with Crippen molar-refractivity contribution in [2.75, 3.05) is 18.4 Å². The Morgan fingerprint density at radius 1 is 1.07 bits per heavy atom. The number of nitrogens with one attached hydrogen (secondary N) is 4. The summed E-state index contributed by atoms with van der Waals surface area (Å²) in [6.07, 6.45) is 18.2. The third-order valence-corrected chi connectivity index (χ3v) is 7.52. The van der Waals surface area contributed by atoms with Crippen LogP contribution in [-0.2, 0) is 0 Å². The molecule has 0 saturated carbocycles. The minimum absolute atomic E-state index is 0.637. The second-order valence-corrected chi connectivity index (χ2v) is 10.5. The summed E-state index contributed by atoms with van der Waals surface area (Å²) >= 11 is 0. The fourth-order valence-electron chi connectivity index (χ4n) is 5.22. The van der Waals surface area contributed by atoms with Gasteiger partial charge in [-0.05, 0) is 86.2 Å². The third-order valence-electron chi connectivity index (χ3n) is 7.52. The zero-order chi connectivity index (χ0) is 28.2. The van der Waals surface area contributed by atoms with Gasteiger partial charge < -0.3 is 15.6 Å². The zero-order valence-electron chi connectivity index (χ0n) is 23.1. The standard InChI is InChI=1S/C32H33N9/c1-20(25-15-26(17-35-16-25)37-21(2)14-23-6-10-33-11-7-23)4-5-28-22(3)30(41-40-28)32-38-29-19-36-18-27(31(29)39-32)24-8-12-34-13-9-24/h4-5,8-9,12-13,15-19,23,33,37,40H,2-3,6-7,10-11,14H2,1H3,(H,38,39)/b20-4+,28-5+. The van der Waals surface area contributed by atoms with Gasteiger partial charge in [-0.1, -0.05) is 19.2 Å². The number of fused-ring (bicyclic) bond motifs is 1. The fourth-order valence-corrected chi connectivity index (χ4v) is 5.22. The van der Waals surface area contributed by atoms with Gasteiger partial charge in [-0.2, -0.15) is 5.10 Å². The lowest BCUT2D eigenvalue weighted by molar-refractivity contribution is 0.373. The third kappa shape index (κ3) is 5.85. The molecule has 0 spiro atoms. The van der Waals surface area contributed by atoms with Crippen LogP contribution in [0.4, 0.5) is 5.69 Å². The summed E-state index contributed by atoms with van der Waals surface area (Å²) in [6.45, 7) is 12.8. The molecule has 4 N–H and O–H groups in total. The molecule has 0 amide bonds. The summed E-state index contributed by atoms with van der Waals surface area (Å²) < 4.78 is 0. The number of nitrogens with zero attached hydrogens (tertiary/aromatic N) is 5. The molecule has 9 heteroatoms. The maximum Gasteiger partial charge on any atom is 0.159 e. The van der Waals surface area contributed by atoms with Gasteiger partial charge in [0.05, 0.1) is 34.5 Å². The molecule has 9 nitrogen and oxygen atoms in total. The lowest BCUT2D eigenvalue weighted by atomic mass is 9.93. The number of imidazole rings is 1. The van der Waals surface area contributed by atoms with Gasteiger partial charge in [0, 0.05) is 41.3 Å². The Morgan fingerprint density at radius 3 is 2.71 bits per heavy atom. The number of allylic oxidation sites excluding steroid dienone is 3. The van der Waals surface area contributed by atoms with E-state index in [2.05, 4.69) is 66.9 Å². The van der Waals surface area contributed by atoms with Gasteiger partial charge in [-0.25, -0.2) is 4.98 Å². The Morgan fingerprint density at radius 2 is 1.88 bits per heavy atom. The van der Waals surface area contributed by atoms with Crippen molar-refractivity contribution in [1.82, 2.24) is 40.4 Å². The van der Waals surface area contributed by atoms with Crippen molar-refractivity contribution >= 4 is 34.9 Å². The number of aromatic nitrogens is 7. The van der Waals surface area contributed by atoms with E-state index in [0.29, 0.717) is 17.4 Å². The van der Waals surface area contributed by atoms with Crippen molar-refractivity contribution in [1.29, 1.82) is 0 Å². The van der Waals surface area contributed by atoms with Crippen LogP contribution in [0.15, 0.2) is 73.7 Å². The molecule has 5 aromatic heterocycles. The van der Waals surface area contributed by atoms with Crippen LogP contribution in [0.5, 0.6) is 0 Å². The minimum Gasteiger partial charge on any atom is -0.358 e. The molecule has 0 unspecified atom stereocenters. The number of rotatable bonds is 8. The number of piperidine rings is 1. The first kappa shape index (κ1) is 26.3. The van der Waals surface area contributed by atoms with Crippen molar-refractivity contribution in [3.63, 3.8) is 0 Å². The molecule has 5 aromatic rings. The summed E-state index contributed by atoms with van der Waals surface area (Å²) in [5.41, 5.74) is 8.33. The average Bonchev–Trinajstić information content (AvgIpc) is 3.60. The molecule has 206 valence electrons. The number of pyridine rings is 3. The monoisotopic (exact) mass is 543 g/mol. The van der Waals surface area contributed by atoms with Crippen LogP contribution in [0.1, 0.15) is 31.7 Å². The maximum atomic E-state index is 4.85. The van der Waals surface area contributed by atoms with E-state index in [1.165, 1.54) is 12.8 Å². The van der Waals surface area contributed by atoms with Crippen molar-refractivity contribution < 1.29 is 0 Å². The Bertz CT molecular complexity index is 1830. The molecule has 1 fully saturated rings. The van der Waals surface area contributed by atoms with E-state index in [4.69, 9.17) is 4.98 Å². The van der Waals surface area contributed by atoms with Crippen LogP contribution in [0.25, 0.3) is 51.9 Å². The molecule has 6 heterocycles. The summed E-state index contributed by atoms with van der Waals surface area (Å²) in [5.74, 6) is 1.32. The van der Waals surface area contributed by atoms with Crippen molar-refractivity contribution in [3.8, 4) is 22.6 Å². The number of hydrogen-bond acceptors (Lipinski definition) is 7. The van der Waals surface area contributed by atoms with Gasteiger partial charge in [-0.3, -0.25) is 20.1 Å². The average molecular weight is 544 g/mol. The van der Waals surface area contributed by atoms with Crippen LogP contribution in [0.2, 0.25) is 0 Å². The van der Waals surface area contributed by atoms with E-state index in [-0.39, 0.29) is 0 Å². The molecule has 41 heavy (non-hydrogen) atoms. The molecule has 6 rings (SSSR count). The van der Waals surface area contributed by atoms with Crippen LogP contribution in [0, 0.1) is 5.92 Å². The first-order valence-corrected chi connectivity index (χ1v) is 13.8. The number of aromatic amines is 2. The van der Waals surface area contributed by atoms with Gasteiger partial charge in [0.15, 0.2) is 5.82 Å². The van der Waals surface area contributed by atoms with Crippen LogP contribution < -0.4 is 21.2 Å². The highest BCUT2D eigenvalue weighted by molar-refractivity contribution is 5.92. The molecule has 0 atom stereocenters. The predicted molar refractivity (Wildman–Crippen MR) is 165 cm³/mol. The first-order valence-electron chi connectivity index (χ1n) is 13.8. The second kappa shape index (κ2) is 11.7. The quantitative estimate of drug-likeness (QED) is 0.229. The maximum absolute atomic E-state index is 4.85. The van der Waals surface area contributed by atoms with E-state index < -0.39 is 0 Å². The van der Waals surface area contributed by atoms with E-state index in [0.717, 1.165) is 74.8 Å². The van der Waals surface area contributed by atoms with Crippen LogP contribution >= 0.6 is 0 Å². The molecule has 0 aromatic carbocycles. The number of hydrogen-bond donors (Lipinski definition) is 4. The first-order chi connectivity index (χ1) is 20.0. The highest BCUT2D eigenvalue weighted by Gasteiger charge is 2.15. The zero-order valence-corrected chi connectivity index (χ0v) is 23.1. The van der Waals surface area contributed by atoms with Crippen LogP contribution in [-0.4, -0.2) is 48.2 Å². The Balaban J connectivity index is 1.21. The Labute approximate surface area is 238 Å². The van der Waals surface area contributed by atoms with Gasteiger partial charge in [0.1, 0.15) is 5.69 Å². The largest absolute Gasteiger partial charge is 0.358 e. The second-order valence-electron chi connectivity index (χ2n) is 10.5. The summed E-state index contributed by atoms with van der Waals surface area (Å²) in [7, 11) is 0. The molecular weight excluding hydrogens is 510 g/mol. The highest BCUT2D eigenvalue weighted by Crippen LogP contribution is 2.27. The predicted octanol–water partition coefficient (Wildman–Crippen LogP) is 4.41. The fraction of sp³-hybridized carbons (Fsp3) is 0.219. The molecule has 0 aliphatic carbocycles. The minimum atomic E-state index is 0.637. The summed E-state index contributed by atoms with van der Waals surface area (Å²) in [4.78, 5) is 21.1. The van der Waals surface area contributed by atoms with Crippen LogP contribution in [0.3, 0.4) is 0 Å². The molecule has 1 aliphatic heterocycles. The highest BCUT2D eigenvalue weighted by atomic mass is 15.1. The Hall–Kier alpha value is -4.89. The van der Waals surface area contributed by atoms with E-state index in [1.54, 1.807) is 18.6 Å². The molecule has 1 saturated heterocycles. The van der Waals surface area contributed by atoms with Gasteiger partial charge in [0.2, 0.25) is 0 Å². The summed E-state index contributed by atoms with van der Waals surface area (Å²) in [6, 6.07) is 5.99. The van der Waals surface area contributed by atoms with Crippen molar-refractivity contribution in [3.05, 3.63) is 89.9 Å². The van der Waals surface area contributed by atoms with Crippen molar-refractivity contribution in [2.45, 2.75) is 26.2 Å². The lowest BCUT2D eigenvalue weighted by Gasteiger charge is -2.23. The topological polar surface area (TPSA) is 120 Å². The van der Waals surface area contributed by atoms with E-state index >= 15 is 0 Å². The molecule has 0 radical (unpaired) electrons. The smallest absolute Gasteiger partial charge is 0.159 e. The molecule has 0 bridgehead atoms. The van der Waals surface area contributed by atoms with E-state index in [9.17, 15) is 0 Å². The molecule has 1 aliphatic rings. The number of H-pyrrole nitrogens is 2. The van der Waals surface area contributed by atoms with Gasteiger partial charge in [0.25, 0.3) is 0 Å². The number of anilines is 1. The molecular formula is C32H33N9. The lowest BCUT2D eigenvalue weighted by Crippen LogP contribution is -2.28. The van der Waals surface area contributed by atoms with Gasteiger partial charge >= 0.3 is 0 Å². The summed E-state index contributed by atoms with van der Waals surface area (Å²) in [5, 5.41) is 16.1. The van der Waals surface area contributed by atoms with Gasteiger partial charge in [-0.15, -0.1) is 0 Å². The van der Waals surface area contributed by atoms with Crippen molar-refractivity contribution in [2.24, 2.45) is 5.92 Å². The Kier molecular flexibility index (Phi) is 7.51. The SMILES string of the molecule is C=C(CC1CCNCC1)Nc1cncc(/C(C)=C/C=c2/[nH]nc(-c3nc4c(-c5ccncc5)cncc4[nH]3)c2=C)c1. The van der Waals surface area contributed by atoms with E-state index in [1.807, 2.05) is 42.9 Å².